The molecular formula is C4H12N2. The fourth-order valence-corrected chi connectivity index (χ4v) is 0.204. The maximum atomic E-state index is 5.36. The zero-order chi connectivity index (χ0) is 4.99. The second kappa shape index (κ2) is 3.12. The first-order valence-corrected chi connectivity index (χ1v) is 2.24. The van der Waals surface area contributed by atoms with Gasteiger partial charge >= 0.3 is 0 Å². The zero-order valence-electron chi connectivity index (χ0n) is 4.36. The predicted octanol–water partition coefficient (Wildman–Crippen LogP) is -0.0994. The molecule has 0 saturated carbocycles. The van der Waals surface area contributed by atoms with Gasteiger partial charge in [-0.1, -0.05) is 6.92 Å². The number of hydrogen-bond donors (Lipinski definition) is 2. The third-order valence-corrected chi connectivity index (χ3v) is 0.811. The van der Waals surface area contributed by atoms with Crippen molar-refractivity contribution in [1.29, 1.82) is 0 Å². The summed E-state index contributed by atoms with van der Waals surface area (Å²) in [5.74, 6) is 0. The summed E-state index contributed by atoms with van der Waals surface area (Å²) in [6.07, 6.45) is 1.18. The molecule has 0 spiro atoms. The Morgan fingerprint density at radius 3 is 2.33 bits per heavy atom. The van der Waals surface area contributed by atoms with Crippen LogP contribution >= 0.6 is 0 Å². The highest BCUT2D eigenvalue weighted by molar-refractivity contribution is 4.46. The van der Waals surface area contributed by atoms with E-state index >= 15 is 0 Å². The van der Waals surface area contributed by atoms with Gasteiger partial charge in [-0.2, -0.15) is 0 Å². The molecule has 38 valence electrons. The third kappa shape index (κ3) is 2.18. The van der Waals surface area contributed by atoms with Crippen LogP contribution in [0.5, 0.6) is 0 Å². The molecule has 0 amide bonds. The molecule has 0 aliphatic heterocycles. The molecular weight excluding hydrogens is 76.1 g/mol. The van der Waals surface area contributed by atoms with Gasteiger partial charge in [-0.3, -0.25) is 0 Å². The van der Waals surface area contributed by atoms with Crippen LogP contribution in [0.4, 0.5) is 0 Å². The first kappa shape index (κ1) is 5.92. The molecule has 0 bridgehead atoms. The molecule has 0 fully saturated rings. The zero-order valence-corrected chi connectivity index (χ0v) is 4.36. The van der Waals surface area contributed by atoms with Gasteiger partial charge in [-0.25, -0.2) is 0 Å². The van der Waals surface area contributed by atoms with Gasteiger partial charge in [0.05, 0.1) is 6.17 Å². The molecule has 2 nitrogen and oxygen atoms in total. The fourth-order valence-electron chi connectivity index (χ4n) is 0.204. The van der Waals surface area contributed by atoms with Crippen LogP contribution in [0.2, 0.25) is 0 Å². The lowest BCUT2D eigenvalue weighted by molar-refractivity contribution is 0.568. The second-order valence-electron chi connectivity index (χ2n) is 1.30. The number of nitrogens with one attached hydrogen (secondary N) is 1. The topological polar surface area (TPSA) is 38.0 Å². The lowest BCUT2D eigenvalue weighted by atomic mass is 10.4. The Kier molecular flexibility index (Phi) is 3.08. The SMILES string of the molecule is CC[C@@H](N)NC. The normalized spacial score (nSPS) is 14.5. The Morgan fingerprint density at radius 2 is 2.33 bits per heavy atom. The van der Waals surface area contributed by atoms with Gasteiger partial charge in [0.15, 0.2) is 0 Å². The minimum atomic E-state index is 0.185. The van der Waals surface area contributed by atoms with Crippen molar-refractivity contribution in [3.63, 3.8) is 0 Å². The molecule has 0 aromatic carbocycles. The van der Waals surface area contributed by atoms with Gasteiger partial charge in [0.25, 0.3) is 0 Å². The molecule has 0 rings (SSSR count). The van der Waals surface area contributed by atoms with E-state index < -0.39 is 0 Å². The molecule has 0 aliphatic carbocycles. The number of nitrogens with two attached hydrogens (primary N) is 1. The van der Waals surface area contributed by atoms with Crippen molar-refractivity contribution in [2.75, 3.05) is 7.05 Å². The van der Waals surface area contributed by atoms with Crippen molar-refractivity contribution in [1.82, 2.24) is 5.32 Å². The van der Waals surface area contributed by atoms with E-state index in [-0.39, 0.29) is 6.17 Å². The molecule has 0 aliphatic rings. The second-order valence-corrected chi connectivity index (χ2v) is 1.30. The van der Waals surface area contributed by atoms with E-state index in [9.17, 15) is 0 Å². The molecule has 0 aromatic heterocycles. The monoisotopic (exact) mass is 88.1 g/mol. The van der Waals surface area contributed by atoms with E-state index in [1.807, 2.05) is 14.0 Å². The van der Waals surface area contributed by atoms with Crippen LogP contribution in [-0.2, 0) is 0 Å². The van der Waals surface area contributed by atoms with Crippen LogP contribution < -0.4 is 11.1 Å². The van der Waals surface area contributed by atoms with Crippen molar-refractivity contribution in [2.24, 2.45) is 5.73 Å². The summed E-state index contributed by atoms with van der Waals surface area (Å²) in [5, 5.41) is 2.89. The van der Waals surface area contributed by atoms with Crippen LogP contribution in [0, 0.1) is 0 Å². The van der Waals surface area contributed by atoms with Gasteiger partial charge < -0.3 is 11.1 Å². The summed E-state index contributed by atoms with van der Waals surface area (Å²) in [6, 6.07) is 0. The molecule has 0 saturated heterocycles. The quantitative estimate of drug-likeness (QED) is 0.463. The molecule has 0 aromatic rings. The maximum Gasteiger partial charge on any atom is 0.0541 e. The van der Waals surface area contributed by atoms with Crippen molar-refractivity contribution in [2.45, 2.75) is 19.5 Å². The summed E-state index contributed by atoms with van der Waals surface area (Å²) in [7, 11) is 1.86. The van der Waals surface area contributed by atoms with Crippen molar-refractivity contribution >= 4 is 0 Å². The Hall–Kier alpha value is -0.0800. The summed E-state index contributed by atoms with van der Waals surface area (Å²) < 4.78 is 0. The minimum absolute atomic E-state index is 0.185. The molecule has 0 radical (unpaired) electrons. The summed E-state index contributed by atoms with van der Waals surface area (Å²) >= 11 is 0. The van der Waals surface area contributed by atoms with Crippen LogP contribution in [0.1, 0.15) is 13.3 Å². The number of hydrogen-bond acceptors (Lipinski definition) is 2. The minimum Gasteiger partial charge on any atom is -0.316 e. The Bertz CT molecular complexity index is 24.7. The first-order chi connectivity index (χ1) is 2.81. The third-order valence-electron chi connectivity index (χ3n) is 0.811. The fraction of sp³-hybridized carbons (Fsp3) is 1.00. The Balaban J connectivity index is 2.75. The molecule has 6 heavy (non-hydrogen) atoms. The maximum absolute atomic E-state index is 5.36. The van der Waals surface area contributed by atoms with Gasteiger partial charge in [-0.15, -0.1) is 0 Å². The van der Waals surface area contributed by atoms with E-state index in [2.05, 4.69) is 5.32 Å². The van der Waals surface area contributed by atoms with E-state index in [0.717, 1.165) is 6.42 Å². The highest BCUT2D eigenvalue weighted by Gasteiger charge is 1.86. The van der Waals surface area contributed by atoms with Gasteiger partial charge in [0.1, 0.15) is 0 Å². The van der Waals surface area contributed by atoms with Gasteiger partial charge in [0.2, 0.25) is 0 Å². The Morgan fingerprint density at radius 1 is 1.83 bits per heavy atom. The largest absolute Gasteiger partial charge is 0.316 e. The standard InChI is InChI=1S/C4H12N2/c1-3-4(5)6-2/h4,6H,3,5H2,1-2H3/t4-/m0/s1. The van der Waals surface area contributed by atoms with E-state index in [4.69, 9.17) is 5.73 Å². The molecule has 1 atom stereocenters. The van der Waals surface area contributed by atoms with Crippen LogP contribution in [0.3, 0.4) is 0 Å². The van der Waals surface area contributed by atoms with Crippen molar-refractivity contribution in [3.05, 3.63) is 0 Å². The molecule has 3 N–H and O–H groups in total. The summed E-state index contributed by atoms with van der Waals surface area (Å²) in [5.41, 5.74) is 5.36. The lowest BCUT2D eigenvalue weighted by Gasteiger charge is -2.02. The van der Waals surface area contributed by atoms with Gasteiger partial charge in [-0.05, 0) is 13.5 Å². The smallest absolute Gasteiger partial charge is 0.0541 e. The van der Waals surface area contributed by atoms with E-state index in [1.165, 1.54) is 0 Å². The summed E-state index contributed by atoms with van der Waals surface area (Å²) in [6.45, 7) is 2.04. The van der Waals surface area contributed by atoms with Crippen LogP contribution in [0.25, 0.3) is 0 Å². The highest BCUT2D eigenvalue weighted by atomic mass is 15.0. The van der Waals surface area contributed by atoms with Crippen molar-refractivity contribution < 1.29 is 0 Å². The lowest BCUT2D eigenvalue weighted by Crippen LogP contribution is -2.33. The number of rotatable bonds is 2. The molecule has 0 unspecified atom stereocenters. The summed E-state index contributed by atoms with van der Waals surface area (Å²) in [4.78, 5) is 0. The van der Waals surface area contributed by atoms with Gasteiger partial charge in [0, 0.05) is 0 Å². The first-order valence-electron chi connectivity index (χ1n) is 2.24. The van der Waals surface area contributed by atoms with Crippen molar-refractivity contribution in [3.8, 4) is 0 Å². The average Bonchev–Trinajstić information content (AvgIpc) is 1.65. The highest BCUT2D eigenvalue weighted by Crippen LogP contribution is 1.73. The van der Waals surface area contributed by atoms with E-state index in [1.54, 1.807) is 0 Å². The average molecular weight is 88.2 g/mol. The van der Waals surface area contributed by atoms with E-state index in [0.29, 0.717) is 0 Å². The Labute approximate surface area is 38.7 Å². The predicted molar refractivity (Wildman–Crippen MR) is 27.3 cm³/mol. The molecule has 0 heterocycles. The van der Waals surface area contributed by atoms with Crippen LogP contribution in [-0.4, -0.2) is 13.2 Å². The van der Waals surface area contributed by atoms with Crippen LogP contribution in [0.15, 0.2) is 0 Å². The molecule has 2 heteroatoms.